The van der Waals surface area contributed by atoms with E-state index in [1.54, 1.807) is 6.92 Å². The maximum Gasteiger partial charge on any atom is 0.234 e. The fraction of sp³-hybridized carbons (Fsp3) is 0.692. The third kappa shape index (κ3) is 3.51. The van der Waals surface area contributed by atoms with Crippen molar-refractivity contribution < 1.29 is 4.79 Å². The number of hydrogen-bond acceptors (Lipinski definition) is 5. The first-order chi connectivity index (χ1) is 9.54. The quantitative estimate of drug-likeness (QED) is 0.827. The lowest BCUT2D eigenvalue weighted by molar-refractivity contribution is -0.121. The molecule has 0 aromatic carbocycles. The monoisotopic (exact) mass is 293 g/mol. The van der Waals surface area contributed by atoms with E-state index < -0.39 is 5.54 Å². The van der Waals surface area contributed by atoms with Gasteiger partial charge in [0.15, 0.2) is 0 Å². The van der Waals surface area contributed by atoms with Gasteiger partial charge < -0.3 is 5.32 Å². The van der Waals surface area contributed by atoms with Crippen molar-refractivity contribution >= 4 is 17.7 Å². The third-order valence-corrected chi connectivity index (χ3v) is 4.47. The molecule has 1 atom stereocenters. The van der Waals surface area contributed by atoms with Crippen LogP contribution in [0.3, 0.4) is 0 Å². The van der Waals surface area contributed by atoms with Gasteiger partial charge in [0.25, 0.3) is 0 Å². The van der Waals surface area contributed by atoms with Crippen LogP contribution in [0.2, 0.25) is 0 Å². The number of aryl methyl sites for hydroxylation is 1. The normalized spacial score (nSPS) is 19.1. The molecule has 1 saturated carbocycles. The second-order valence-corrected chi connectivity index (χ2v) is 6.52. The Labute approximate surface area is 122 Å². The Bertz CT molecular complexity index is 515. The van der Waals surface area contributed by atoms with Crippen molar-refractivity contribution in [2.24, 2.45) is 0 Å². The van der Waals surface area contributed by atoms with E-state index >= 15 is 0 Å². The number of carbonyl (C=O) groups excluding carboxylic acids is 1. The van der Waals surface area contributed by atoms with Crippen LogP contribution in [0.5, 0.6) is 0 Å². The Balaban J connectivity index is 1.94. The van der Waals surface area contributed by atoms with E-state index in [1.807, 2.05) is 6.92 Å². The van der Waals surface area contributed by atoms with Gasteiger partial charge >= 0.3 is 0 Å². The number of nitrogens with one attached hydrogen (secondary N) is 2. The second-order valence-electron chi connectivity index (χ2n) is 5.21. The fourth-order valence-electron chi connectivity index (χ4n) is 2.34. The summed E-state index contributed by atoms with van der Waals surface area (Å²) in [5, 5.41) is 19.3. The van der Waals surface area contributed by atoms with Gasteiger partial charge in [0.1, 0.15) is 11.4 Å². The molecule has 2 N–H and O–H groups in total. The Kier molecular flexibility index (Phi) is 4.65. The molecule has 1 aromatic heterocycles. The summed E-state index contributed by atoms with van der Waals surface area (Å²) in [5.41, 5.74) is -0.681. The van der Waals surface area contributed by atoms with E-state index in [2.05, 4.69) is 26.6 Å². The van der Waals surface area contributed by atoms with Crippen molar-refractivity contribution in [3.63, 3.8) is 0 Å². The van der Waals surface area contributed by atoms with Gasteiger partial charge in [-0.3, -0.25) is 9.89 Å². The summed E-state index contributed by atoms with van der Waals surface area (Å²) in [6.07, 6.45) is 4.61. The number of amides is 1. The topological polar surface area (TPSA) is 94.5 Å². The molecule has 1 fully saturated rings. The molecule has 1 aliphatic rings. The molecular weight excluding hydrogens is 274 g/mol. The van der Waals surface area contributed by atoms with Gasteiger partial charge in [0.05, 0.1) is 11.3 Å². The number of rotatable bonds is 4. The van der Waals surface area contributed by atoms with Gasteiger partial charge in [-0.05, 0) is 26.7 Å². The molecule has 0 bridgehead atoms. The zero-order valence-electron chi connectivity index (χ0n) is 11.8. The summed E-state index contributed by atoms with van der Waals surface area (Å²) in [6, 6.07) is 2.29. The van der Waals surface area contributed by atoms with Crippen LogP contribution in [-0.4, -0.2) is 31.9 Å². The summed E-state index contributed by atoms with van der Waals surface area (Å²) in [6.45, 7) is 3.62. The summed E-state index contributed by atoms with van der Waals surface area (Å²) in [7, 11) is 0. The largest absolute Gasteiger partial charge is 0.337 e. The van der Waals surface area contributed by atoms with Gasteiger partial charge in [-0.1, -0.05) is 31.0 Å². The lowest BCUT2D eigenvalue weighted by atomic mass is 9.83. The van der Waals surface area contributed by atoms with Crippen molar-refractivity contribution in [1.82, 2.24) is 20.5 Å². The molecule has 108 valence electrons. The number of nitriles is 1. The van der Waals surface area contributed by atoms with Crippen molar-refractivity contribution in [2.75, 3.05) is 0 Å². The molecule has 1 aromatic rings. The highest BCUT2D eigenvalue weighted by molar-refractivity contribution is 8.00. The van der Waals surface area contributed by atoms with E-state index in [1.165, 1.54) is 11.8 Å². The first-order valence-electron chi connectivity index (χ1n) is 6.84. The number of thioether (sulfide) groups is 1. The molecule has 20 heavy (non-hydrogen) atoms. The standard InChI is InChI=1S/C13H19N5OS/c1-9(20-12-15-10(2)17-18-12)11(19)16-13(8-14)6-4-3-5-7-13/h9H,3-7H2,1-2H3,(H,16,19)(H,15,17,18). The van der Waals surface area contributed by atoms with Crippen LogP contribution in [0, 0.1) is 18.3 Å². The van der Waals surface area contributed by atoms with Crippen LogP contribution >= 0.6 is 11.8 Å². The van der Waals surface area contributed by atoms with Crippen LogP contribution in [-0.2, 0) is 4.79 Å². The molecule has 2 rings (SSSR count). The fourth-order valence-corrected chi connectivity index (χ4v) is 3.11. The molecule has 0 saturated heterocycles. The number of aromatic nitrogens is 3. The molecule has 0 spiro atoms. The Morgan fingerprint density at radius 1 is 1.50 bits per heavy atom. The van der Waals surface area contributed by atoms with Crippen molar-refractivity contribution in [2.45, 2.75) is 61.9 Å². The number of H-pyrrole nitrogens is 1. The van der Waals surface area contributed by atoms with Gasteiger partial charge in [-0.2, -0.15) is 5.26 Å². The molecule has 1 heterocycles. The number of hydrogen-bond donors (Lipinski definition) is 2. The van der Waals surface area contributed by atoms with Crippen LogP contribution in [0.15, 0.2) is 5.16 Å². The zero-order valence-corrected chi connectivity index (χ0v) is 12.6. The van der Waals surface area contributed by atoms with Crippen molar-refractivity contribution in [3.8, 4) is 6.07 Å². The number of aromatic amines is 1. The summed E-state index contributed by atoms with van der Waals surface area (Å²) >= 11 is 1.30. The van der Waals surface area contributed by atoms with E-state index in [4.69, 9.17) is 0 Å². The molecule has 1 unspecified atom stereocenters. The van der Waals surface area contributed by atoms with Crippen LogP contribution < -0.4 is 5.32 Å². The maximum absolute atomic E-state index is 12.2. The predicted molar refractivity (Wildman–Crippen MR) is 76.0 cm³/mol. The Morgan fingerprint density at radius 3 is 2.75 bits per heavy atom. The highest BCUT2D eigenvalue weighted by Gasteiger charge is 2.35. The molecule has 1 amide bonds. The Morgan fingerprint density at radius 2 is 2.20 bits per heavy atom. The van der Waals surface area contributed by atoms with Crippen molar-refractivity contribution in [3.05, 3.63) is 5.82 Å². The van der Waals surface area contributed by atoms with Gasteiger partial charge in [-0.15, -0.1) is 5.10 Å². The maximum atomic E-state index is 12.2. The lowest BCUT2D eigenvalue weighted by Gasteiger charge is -2.32. The van der Waals surface area contributed by atoms with Gasteiger partial charge in [0, 0.05) is 0 Å². The first-order valence-corrected chi connectivity index (χ1v) is 7.71. The molecule has 7 heteroatoms. The summed E-state index contributed by atoms with van der Waals surface area (Å²) < 4.78 is 0. The van der Waals surface area contributed by atoms with Gasteiger partial charge in [0.2, 0.25) is 11.1 Å². The minimum absolute atomic E-state index is 0.124. The second kappa shape index (κ2) is 6.27. The summed E-state index contributed by atoms with van der Waals surface area (Å²) in [4.78, 5) is 16.4. The SMILES string of the molecule is Cc1nc(SC(C)C(=O)NC2(C#N)CCCCC2)n[nH]1. The smallest absolute Gasteiger partial charge is 0.234 e. The predicted octanol–water partition coefficient (Wildman–Crippen LogP) is 1.94. The first kappa shape index (κ1) is 14.9. The summed E-state index contributed by atoms with van der Waals surface area (Å²) in [5.74, 6) is 0.599. The van der Waals surface area contributed by atoms with Crippen molar-refractivity contribution in [1.29, 1.82) is 5.26 Å². The van der Waals surface area contributed by atoms with Crippen LogP contribution in [0.4, 0.5) is 0 Å². The Hall–Kier alpha value is -1.55. The van der Waals surface area contributed by atoms with Crippen LogP contribution in [0.25, 0.3) is 0 Å². The highest BCUT2D eigenvalue weighted by Crippen LogP contribution is 2.28. The number of carbonyl (C=O) groups is 1. The lowest BCUT2D eigenvalue weighted by Crippen LogP contribution is -2.50. The van der Waals surface area contributed by atoms with E-state index in [0.29, 0.717) is 5.16 Å². The van der Waals surface area contributed by atoms with Gasteiger partial charge in [-0.25, -0.2) is 4.98 Å². The van der Waals surface area contributed by atoms with E-state index in [0.717, 1.165) is 37.9 Å². The molecule has 0 aliphatic heterocycles. The molecule has 0 radical (unpaired) electrons. The minimum Gasteiger partial charge on any atom is -0.337 e. The molecule has 6 nitrogen and oxygen atoms in total. The molecule has 1 aliphatic carbocycles. The highest BCUT2D eigenvalue weighted by atomic mass is 32.2. The van der Waals surface area contributed by atoms with Crippen LogP contribution in [0.1, 0.15) is 44.9 Å². The average molecular weight is 293 g/mol. The average Bonchev–Trinajstić information content (AvgIpc) is 2.85. The van der Waals surface area contributed by atoms with E-state index in [-0.39, 0.29) is 11.2 Å². The zero-order chi connectivity index (χ0) is 14.6. The molecular formula is C13H19N5OS. The minimum atomic E-state index is -0.681. The third-order valence-electron chi connectivity index (χ3n) is 3.51. The van der Waals surface area contributed by atoms with E-state index in [9.17, 15) is 10.1 Å². The number of nitrogens with zero attached hydrogens (tertiary/aromatic N) is 3.